The molecule has 3 heteroatoms. The van der Waals surface area contributed by atoms with Crippen molar-refractivity contribution in [3.8, 4) is 0 Å². The highest BCUT2D eigenvalue weighted by molar-refractivity contribution is 7.80. The van der Waals surface area contributed by atoms with Crippen molar-refractivity contribution in [3.63, 3.8) is 0 Å². The minimum atomic E-state index is -0.284. The summed E-state index contributed by atoms with van der Waals surface area (Å²) in [7, 11) is 0. The number of carbonyl (C=O) groups excluding carboxylic acids is 1. The summed E-state index contributed by atoms with van der Waals surface area (Å²) in [5.74, 6) is 0.134. The molecule has 0 aliphatic carbocycles. The Bertz CT molecular complexity index is 350. The van der Waals surface area contributed by atoms with Crippen molar-refractivity contribution >= 4 is 18.6 Å². The molecular formula is C13H18O2S. The molecule has 0 radical (unpaired) electrons. The van der Waals surface area contributed by atoms with Gasteiger partial charge in [-0.05, 0) is 24.5 Å². The van der Waals surface area contributed by atoms with Crippen LogP contribution in [0, 0.1) is 5.92 Å². The van der Waals surface area contributed by atoms with Crippen LogP contribution in [0.5, 0.6) is 0 Å². The lowest BCUT2D eigenvalue weighted by molar-refractivity contribution is 0.0439. The second-order valence-corrected chi connectivity index (χ2v) is 4.49. The fourth-order valence-electron chi connectivity index (χ4n) is 1.52. The number of ether oxygens (including phenoxy) is 1. The fraction of sp³-hybridized carbons (Fsp3) is 0.462. The number of esters is 1. The van der Waals surface area contributed by atoms with Crippen LogP contribution in [0.4, 0.5) is 0 Å². The van der Waals surface area contributed by atoms with Gasteiger partial charge in [0, 0.05) is 4.90 Å². The van der Waals surface area contributed by atoms with Gasteiger partial charge in [-0.1, -0.05) is 32.4 Å². The third kappa shape index (κ3) is 3.89. The van der Waals surface area contributed by atoms with Gasteiger partial charge in [-0.2, -0.15) is 0 Å². The Morgan fingerprint density at radius 2 is 2.12 bits per heavy atom. The van der Waals surface area contributed by atoms with Crippen LogP contribution in [0.2, 0.25) is 0 Å². The molecule has 1 aromatic rings. The predicted molar refractivity (Wildman–Crippen MR) is 68.0 cm³/mol. The highest BCUT2D eigenvalue weighted by Gasteiger charge is 2.11. The van der Waals surface area contributed by atoms with Crippen molar-refractivity contribution in [2.75, 3.05) is 6.61 Å². The largest absolute Gasteiger partial charge is 0.462 e. The Morgan fingerprint density at radius 3 is 2.75 bits per heavy atom. The molecule has 0 heterocycles. The number of hydrogen-bond acceptors (Lipinski definition) is 3. The van der Waals surface area contributed by atoms with E-state index in [2.05, 4.69) is 26.5 Å². The van der Waals surface area contributed by atoms with E-state index in [1.54, 1.807) is 12.1 Å². The molecule has 0 saturated carbocycles. The zero-order chi connectivity index (χ0) is 12.0. The molecule has 0 N–H and O–H groups in total. The molecule has 0 fully saturated rings. The summed E-state index contributed by atoms with van der Waals surface area (Å²) in [5, 5.41) is 0. The number of benzene rings is 1. The maximum Gasteiger partial charge on any atom is 0.339 e. The van der Waals surface area contributed by atoms with Crippen LogP contribution >= 0.6 is 12.6 Å². The Morgan fingerprint density at radius 1 is 1.44 bits per heavy atom. The van der Waals surface area contributed by atoms with Crippen LogP contribution in [-0.2, 0) is 4.74 Å². The molecule has 0 spiro atoms. The van der Waals surface area contributed by atoms with Gasteiger partial charge in [-0.25, -0.2) is 4.79 Å². The standard InChI is InChI=1S/C13H18O2S/c1-3-6-10(2)9-15-13(14)11-7-4-5-8-12(11)16/h4-5,7-8,10,16H,3,6,9H2,1-2H3. The summed E-state index contributed by atoms with van der Waals surface area (Å²) < 4.78 is 5.24. The summed E-state index contributed by atoms with van der Waals surface area (Å²) in [6.45, 7) is 4.69. The molecule has 16 heavy (non-hydrogen) atoms. The normalized spacial score (nSPS) is 12.2. The maximum atomic E-state index is 11.7. The van der Waals surface area contributed by atoms with Crippen LogP contribution in [0.15, 0.2) is 29.2 Å². The van der Waals surface area contributed by atoms with Gasteiger partial charge in [0.15, 0.2) is 0 Å². The second-order valence-electron chi connectivity index (χ2n) is 4.01. The predicted octanol–water partition coefficient (Wildman–Crippen LogP) is 3.57. The van der Waals surface area contributed by atoms with Crippen molar-refractivity contribution in [1.29, 1.82) is 0 Å². The van der Waals surface area contributed by atoms with Crippen molar-refractivity contribution in [2.45, 2.75) is 31.6 Å². The van der Waals surface area contributed by atoms with E-state index in [0.29, 0.717) is 23.0 Å². The second kappa shape index (κ2) is 6.59. The van der Waals surface area contributed by atoms with E-state index in [9.17, 15) is 4.79 Å². The Labute approximate surface area is 102 Å². The lowest BCUT2D eigenvalue weighted by Crippen LogP contribution is -2.12. The first-order chi connectivity index (χ1) is 7.65. The number of carbonyl (C=O) groups is 1. The summed E-state index contributed by atoms with van der Waals surface area (Å²) in [6, 6.07) is 7.18. The van der Waals surface area contributed by atoms with Crippen molar-refractivity contribution < 1.29 is 9.53 Å². The van der Waals surface area contributed by atoms with Crippen LogP contribution in [0.1, 0.15) is 37.0 Å². The first kappa shape index (κ1) is 13.1. The molecular weight excluding hydrogens is 220 g/mol. The van der Waals surface area contributed by atoms with E-state index < -0.39 is 0 Å². The maximum absolute atomic E-state index is 11.7. The zero-order valence-corrected chi connectivity index (χ0v) is 10.7. The summed E-state index contributed by atoms with van der Waals surface area (Å²) in [5.41, 5.74) is 0.537. The third-order valence-electron chi connectivity index (χ3n) is 2.40. The average molecular weight is 238 g/mol. The Hall–Kier alpha value is -0.960. The average Bonchev–Trinajstić information content (AvgIpc) is 2.27. The van der Waals surface area contributed by atoms with Crippen LogP contribution in [0.25, 0.3) is 0 Å². The molecule has 0 aliphatic heterocycles. The monoisotopic (exact) mass is 238 g/mol. The molecule has 0 aliphatic rings. The topological polar surface area (TPSA) is 26.3 Å². The lowest BCUT2D eigenvalue weighted by atomic mass is 10.1. The van der Waals surface area contributed by atoms with Gasteiger partial charge in [-0.15, -0.1) is 12.6 Å². The number of thiol groups is 1. The first-order valence-electron chi connectivity index (χ1n) is 5.60. The summed E-state index contributed by atoms with van der Waals surface area (Å²) >= 11 is 4.22. The van der Waals surface area contributed by atoms with Crippen molar-refractivity contribution in [1.82, 2.24) is 0 Å². The lowest BCUT2D eigenvalue weighted by Gasteiger charge is -2.11. The molecule has 1 unspecified atom stereocenters. The van der Waals surface area contributed by atoms with E-state index in [1.165, 1.54) is 0 Å². The molecule has 88 valence electrons. The molecule has 0 saturated heterocycles. The zero-order valence-electron chi connectivity index (χ0n) is 9.77. The van der Waals surface area contributed by atoms with Crippen LogP contribution in [-0.4, -0.2) is 12.6 Å². The van der Waals surface area contributed by atoms with E-state index in [0.717, 1.165) is 12.8 Å². The van der Waals surface area contributed by atoms with Gasteiger partial charge in [0.1, 0.15) is 0 Å². The van der Waals surface area contributed by atoms with E-state index in [-0.39, 0.29) is 5.97 Å². The Balaban J connectivity index is 2.50. The van der Waals surface area contributed by atoms with Gasteiger partial charge in [0.25, 0.3) is 0 Å². The summed E-state index contributed by atoms with van der Waals surface area (Å²) in [4.78, 5) is 12.4. The van der Waals surface area contributed by atoms with Crippen molar-refractivity contribution in [2.24, 2.45) is 5.92 Å². The van der Waals surface area contributed by atoms with Gasteiger partial charge >= 0.3 is 5.97 Å². The molecule has 1 aromatic carbocycles. The molecule has 0 aromatic heterocycles. The summed E-state index contributed by atoms with van der Waals surface area (Å²) in [6.07, 6.45) is 2.19. The van der Waals surface area contributed by atoms with Gasteiger partial charge < -0.3 is 4.74 Å². The van der Waals surface area contributed by atoms with Crippen LogP contribution < -0.4 is 0 Å². The minimum absolute atomic E-state index is 0.284. The molecule has 0 bridgehead atoms. The van der Waals surface area contributed by atoms with E-state index >= 15 is 0 Å². The fourth-order valence-corrected chi connectivity index (χ4v) is 1.77. The molecule has 0 amide bonds. The number of hydrogen-bond donors (Lipinski definition) is 1. The quantitative estimate of drug-likeness (QED) is 0.627. The van der Waals surface area contributed by atoms with E-state index in [1.807, 2.05) is 12.1 Å². The molecule has 1 atom stereocenters. The first-order valence-corrected chi connectivity index (χ1v) is 6.05. The smallest absolute Gasteiger partial charge is 0.339 e. The SMILES string of the molecule is CCCC(C)COC(=O)c1ccccc1S. The van der Waals surface area contributed by atoms with Crippen LogP contribution in [0.3, 0.4) is 0 Å². The highest BCUT2D eigenvalue weighted by atomic mass is 32.1. The van der Waals surface area contributed by atoms with Gasteiger partial charge in [0.05, 0.1) is 12.2 Å². The van der Waals surface area contributed by atoms with Gasteiger partial charge in [0.2, 0.25) is 0 Å². The molecule has 1 rings (SSSR count). The van der Waals surface area contributed by atoms with Gasteiger partial charge in [-0.3, -0.25) is 0 Å². The number of rotatable bonds is 5. The van der Waals surface area contributed by atoms with Crippen molar-refractivity contribution in [3.05, 3.63) is 29.8 Å². The molecule has 2 nitrogen and oxygen atoms in total. The van der Waals surface area contributed by atoms with E-state index in [4.69, 9.17) is 4.74 Å². The Kier molecular flexibility index (Phi) is 5.39. The minimum Gasteiger partial charge on any atom is -0.462 e. The third-order valence-corrected chi connectivity index (χ3v) is 2.79. The highest BCUT2D eigenvalue weighted by Crippen LogP contribution is 2.15.